The molecule has 1 aliphatic carbocycles. The number of rotatable bonds is 4. The van der Waals surface area contributed by atoms with Crippen LogP contribution in [0.3, 0.4) is 0 Å². The second-order valence-electron chi connectivity index (χ2n) is 6.25. The van der Waals surface area contributed by atoms with E-state index in [1.165, 1.54) is 5.56 Å². The van der Waals surface area contributed by atoms with Gasteiger partial charge in [0.25, 0.3) is 0 Å². The molecule has 2 aliphatic rings. The quantitative estimate of drug-likeness (QED) is 0.923. The molecular formula is C17H21NO3. The lowest BCUT2D eigenvalue weighted by Crippen LogP contribution is -2.40. The van der Waals surface area contributed by atoms with Crippen molar-refractivity contribution in [3.05, 3.63) is 35.9 Å². The van der Waals surface area contributed by atoms with Gasteiger partial charge in [-0.25, -0.2) is 0 Å². The molecule has 0 aromatic heterocycles. The van der Waals surface area contributed by atoms with E-state index in [2.05, 4.69) is 24.3 Å². The van der Waals surface area contributed by atoms with Gasteiger partial charge in [0, 0.05) is 13.1 Å². The lowest BCUT2D eigenvalue weighted by molar-refractivity contribution is -0.142. The van der Waals surface area contributed by atoms with E-state index in [4.69, 9.17) is 5.11 Å². The summed E-state index contributed by atoms with van der Waals surface area (Å²) in [6.45, 7) is 1.55. The Labute approximate surface area is 124 Å². The molecule has 4 heteroatoms. The molecule has 1 amide bonds. The maximum atomic E-state index is 12.2. The normalized spacial score (nSPS) is 25.6. The predicted molar refractivity (Wildman–Crippen MR) is 78.7 cm³/mol. The molecule has 2 atom stereocenters. The molecule has 1 aromatic carbocycles. The molecule has 112 valence electrons. The van der Waals surface area contributed by atoms with Gasteiger partial charge in [0.2, 0.25) is 5.91 Å². The second kappa shape index (κ2) is 5.88. The smallest absolute Gasteiger partial charge is 0.307 e. The van der Waals surface area contributed by atoms with Crippen LogP contribution >= 0.6 is 0 Å². The van der Waals surface area contributed by atoms with Crippen LogP contribution in [0.15, 0.2) is 30.3 Å². The summed E-state index contributed by atoms with van der Waals surface area (Å²) in [4.78, 5) is 24.9. The van der Waals surface area contributed by atoms with E-state index >= 15 is 0 Å². The van der Waals surface area contributed by atoms with Crippen LogP contribution < -0.4 is 0 Å². The summed E-state index contributed by atoms with van der Waals surface area (Å²) in [5.74, 6) is -0.827. The van der Waals surface area contributed by atoms with E-state index in [1.807, 2.05) is 11.0 Å². The van der Waals surface area contributed by atoms with Crippen LogP contribution in [0, 0.1) is 17.8 Å². The molecule has 1 N–H and O–H groups in total. The summed E-state index contributed by atoms with van der Waals surface area (Å²) in [5.41, 5.74) is 1.36. The van der Waals surface area contributed by atoms with E-state index in [0.717, 1.165) is 32.4 Å². The largest absolute Gasteiger partial charge is 0.481 e. The molecule has 3 rings (SSSR count). The molecule has 0 spiro atoms. The zero-order valence-corrected chi connectivity index (χ0v) is 12.1. The molecule has 0 unspecified atom stereocenters. The number of hydrogen-bond acceptors (Lipinski definition) is 2. The summed E-state index contributed by atoms with van der Waals surface area (Å²) in [7, 11) is 0. The van der Waals surface area contributed by atoms with Gasteiger partial charge in [-0.05, 0) is 37.2 Å². The van der Waals surface area contributed by atoms with Gasteiger partial charge in [0.15, 0.2) is 0 Å². The molecule has 1 saturated heterocycles. The average Bonchev–Trinajstić information content (AvgIpc) is 3.29. The Hall–Kier alpha value is -1.84. The molecule has 0 radical (unpaired) electrons. The SMILES string of the molecule is O=C(O)[C@H]1C[C@H]1C(=O)N1CCC(Cc2ccccc2)CC1. The van der Waals surface area contributed by atoms with Crippen LogP contribution in [-0.4, -0.2) is 35.0 Å². The van der Waals surface area contributed by atoms with Crippen LogP contribution in [0.2, 0.25) is 0 Å². The number of aliphatic carboxylic acids is 1. The first-order valence-electron chi connectivity index (χ1n) is 7.70. The van der Waals surface area contributed by atoms with Gasteiger partial charge in [-0.3, -0.25) is 9.59 Å². The van der Waals surface area contributed by atoms with Gasteiger partial charge in [-0.1, -0.05) is 30.3 Å². The van der Waals surface area contributed by atoms with Gasteiger partial charge >= 0.3 is 5.97 Å². The number of carbonyl (C=O) groups excluding carboxylic acids is 1. The fraction of sp³-hybridized carbons (Fsp3) is 0.529. The summed E-state index contributed by atoms with van der Waals surface area (Å²) in [5, 5.41) is 8.91. The number of carbonyl (C=O) groups is 2. The molecule has 0 bridgehead atoms. The zero-order valence-electron chi connectivity index (χ0n) is 12.1. The highest BCUT2D eigenvalue weighted by Crippen LogP contribution is 2.40. The van der Waals surface area contributed by atoms with Crippen molar-refractivity contribution in [2.24, 2.45) is 17.8 Å². The van der Waals surface area contributed by atoms with Crippen molar-refractivity contribution in [2.75, 3.05) is 13.1 Å². The highest BCUT2D eigenvalue weighted by atomic mass is 16.4. The van der Waals surface area contributed by atoms with Crippen molar-refractivity contribution < 1.29 is 14.7 Å². The topological polar surface area (TPSA) is 57.6 Å². The Morgan fingerprint density at radius 2 is 1.76 bits per heavy atom. The van der Waals surface area contributed by atoms with E-state index in [-0.39, 0.29) is 11.8 Å². The minimum atomic E-state index is -0.827. The number of amides is 1. The third-order valence-corrected chi connectivity index (χ3v) is 4.72. The Balaban J connectivity index is 1.47. The number of hydrogen-bond donors (Lipinski definition) is 1. The fourth-order valence-electron chi connectivity index (χ4n) is 3.28. The van der Waals surface area contributed by atoms with Gasteiger partial charge in [-0.15, -0.1) is 0 Å². The standard InChI is InChI=1S/C17H21NO3/c19-16(14-11-15(14)17(20)21)18-8-6-13(7-9-18)10-12-4-2-1-3-5-12/h1-5,13-15H,6-11H2,(H,20,21)/t14-,15+/m1/s1. The maximum absolute atomic E-state index is 12.2. The van der Waals surface area contributed by atoms with Gasteiger partial charge in [-0.2, -0.15) is 0 Å². The van der Waals surface area contributed by atoms with Crippen molar-refractivity contribution in [3.63, 3.8) is 0 Å². The summed E-state index contributed by atoms with van der Waals surface area (Å²) < 4.78 is 0. The Morgan fingerprint density at radius 3 is 2.33 bits per heavy atom. The first-order chi connectivity index (χ1) is 10.1. The van der Waals surface area contributed by atoms with Crippen LogP contribution in [0.1, 0.15) is 24.8 Å². The number of likely N-dealkylation sites (tertiary alicyclic amines) is 1. The molecule has 1 aromatic rings. The minimum absolute atomic E-state index is 0.0561. The van der Waals surface area contributed by atoms with Crippen LogP contribution in [0.4, 0.5) is 0 Å². The van der Waals surface area contributed by atoms with E-state index in [1.54, 1.807) is 0 Å². The van der Waals surface area contributed by atoms with Gasteiger partial charge < -0.3 is 10.0 Å². The van der Waals surface area contributed by atoms with E-state index in [9.17, 15) is 9.59 Å². The number of carboxylic acids is 1. The number of carboxylic acid groups (broad SMARTS) is 1. The van der Waals surface area contributed by atoms with E-state index in [0.29, 0.717) is 12.3 Å². The third-order valence-electron chi connectivity index (χ3n) is 4.72. The maximum Gasteiger partial charge on any atom is 0.307 e. The monoisotopic (exact) mass is 287 g/mol. The molecule has 4 nitrogen and oxygen atoms in total. The Kier molecular flexibility index (Phi) is 3.95. The predicted octanol–water partition coefficient (Wildman–Crippen LogP) is 2.19. The van der Waals surface area contributed by atoms with Crippen molar-refractivity contribution >= 4 is 11.9 Å². The van der Waals surface area contributed by atoms with Crippen molar-refractivity contribution in [1.82, 2.24) is 4.90 Å². The summed E-state index contributed by atoms with van der Waals surface area (Å²) >= 11 is 0. The fourth-order valence-corrected chi connectivity index (χ4v) is 3.28. The minimum Gasteiger partial charge on any atom is -0.481 e. The van der Waals surface area contributed by atoms with Crippen LogP contribution in [-0.2, 0) is 16.0 Å². The molecule has 1 aliphatic heterocycles. The Bertz CT molecular complexity index is 520. The Morgan fingerprint density at radius 1 is 1.10 bits per heavy atom. The third kappa shape index (κ3) is 3.26. The first-order valence-corrected chi connectivity index (χ1v) is 7.70. The summed E-state index contributed by atoms with van der Waals surface area (Å²) in [6.07, 6.45) is 3.64. The molecule has 1 heterocycles. The number of nitrogens with zero attached hydrogens (tertiary/aromatic N) is 1. The molecular weight excluding hydrogens is 266 g/mol. The lowest BCUT2D eigenvalue weighted by Gasteiger charge is -2.32. The zero-order chi connectivity index (χ0) is 14.8. The molecule has 1 saturated carbocycles. The number of piperidine rings is 1. The average molecular weight is 287 g/mol. The molecule has 21 heavy (non-hydrogen) atoms. The molecule has 2 fully saturated rings. The highest BCUT2D eigenvalue weighted by Gasteiger charge is 2.50. The lowest BCUT2D eigenvalue weighted by atomic mass is 9.90. The van der Waals surface area contributed by atoms with E-state index < -0.39 is 11.9 Å². The highest BCUT2D eigenvalue weighted by molar-refractivity contribution is 5.89. The van der Waals surface area contributed by atoms with Crippen molar-refractivity contribution in [2.45, 2.75) is 25.7 Å². The number of benzene rings is 1. The van der Waals surface area contributed by atoms with Gasteiger partial charge in [0.05, 0.1) is 11.8 Å². The van der Waals surface area contributed by atoms with Gasteiger partial charge in [0.1, 0.15) is 0 Å². The van der Waals surface area contributed by atoms with Crippen LogP contribution in [0.5, 0.6) is 0 Å². The van der Waals surface area contributed by atoms with Crippen molar-refractivity contribution in [3.8, 4) is 0 Å². The van der Waals surface area contributed by atoms with Crippen LogP contribution in [0.25, 0.3) is 0 Å². The van der Waals surface area contributed by atoms with Crippen molar-refractivity contribution in [1.29, 1.82) is 0 Å². The summed E-state index contributed by atoms with van der Waals surface area (Å²) in [6, 6.07) is 10.5. The first kappa shape index (κ1) is 14.1. The second-order valence-corrected chi connectivity index (χ2v) is 6.25.